The summed E-state index contributed by atoms with van der Waals surface area (Å²) in [6.45, 7) is 5.91. The van der Waals surface area contributed by atoms with E-state index in [1.165, 1.54) is 12.3 Å². The van der Waals surface area contributed by atoms with E-state index in [-0.39, 0.29) is 17.1 Å². The number of carbonyl (C=O) groups is 2. The van der Waals surface area contributed by atoms with Crippen molar-refractivity contribution < 1.29 is 14.0 Å². The van der Waals surface area contributed by atoms with Gasteiger partial charge in [0.05, 0.1) is 23.0 Å². The van der Waals surface area contributed by atoms with E-state index in [0.29, 0.717) is 24.1 Å². The fourth-order valence-electron chi connectivity index (χ4n) is 2.50. The van der Waals surface area contributed by atoms with Gasteiger partial charge in [-0.25, -0.2) is 4.39 Å². The van der Waals surface area contributed by atoms with E-state index < -0.39 is 11.7 Å². The summed E-state index contributed by atoms with van der Waals surface area (Å²) in [5.74, 6) is -1.15. The van der Waals surface area contributed by atoms with E-state index in [4.69, 9.17) is 0 Å². The van der Waals surface area contributed by atoms with Gasteiger partial charge in [-0.3, -0.25) is 14.3 Å². The number of aromatic nitrogens is 2. The second-order valence-electron chi connectivity index (χ2n) is 6.84. The second kappa shape index (κ2) is 5.74. The SMILES string of the molecule is CC(C)(C)n1cc(C(=O)Nc2cc3c(cc2F)NC(=O)CC3)cn1. The van der Waals surface area contributed by atoms with Crippen LogP contribution in [0.3, 0.4) is 0 Å². The van der Waals surface area contributed by atoms with Gasteiger partial charge in [-0.2, -0.15) is 5.10 Å². The first kappa shape index (κ1) is 16.2. The summed E-state index contributed by atoms with van der Waals surface area (Å²) in [7, 11) is 0. The molecule has 1 aromatic heterocycles. The molecule has 126 valence electrons. The molecule has 6 nitrogen and oxygen atoms in total. The number of aryl methyl sites for hydroxylation is 1. The van der Waals surface area contributed by atoms with Gasteiger partial charge in [0.2, 0.25) is 5.91 Å². The Morgan fingerprint density at radius 3 is 2.75 bits per heavy atom. The Labute approximate surface area is 139 Å². The van der Waals surface area contributed by atoms with Crippen molar-refractivity contribution in [2.75, 3.05) is 10.6 Å². The van der Waals surface area contributed by atoms with Gasteiger partial charge in [-0.1, -0.05) is 0 Å². The molecule has 0 fully saturated rings. The van der Waals surface area contributed by atoms with Gasteiger partial charge in [0, 0.05) is 18.3 Å². The molecule has 2 heterocycles. The lowest BCUT2D eigenvalue weighted by molar-refractivity contribution is -0.116. The Kier molecular flexibility index (Phi) is 3.87. The third-order valence-electron chi connectivity index (χ3n) is 3.87. The first-order chi connectivity index (χ1) is 11.2. The number of hydrogen-bond donors (Lipinski definition) is 2. The van der Waals surface area contributed by atoms with Gasteiger partial charge >= 0.3 is 0 Å². The van der Waals surface area contributed by atoms with Crippen LogP contribution in [0.5, 0.6) is 0 Å². The summed E-state index contributed by atoms with van der Waals surface area (Å²) in [5, 5.41) is 9.37. The van der Waals surface area contributed by atoms with Crippen LogP contribution < -0.4 is 10.6 Å². The minimum atomic E-state index is -0.590. The van der Waals surface area contributed by atoms with Gasteiger partial charge in [-0.15, -0.1) is 0 Å². The molecule has 1 aliphatic rings. The monoisotopic (exact) mass is 330 g/mol. The first-order valence-electron chi connectivity index (χ1n) is 7.73. The highest BCUT2D eigenvalue weighted by atomic mass is 19.1. The highest BCUT2D eigenvalue weighted by Gasteiger charge is 2.20. The van der Waals surface area contributed by atoms with Gasteiger partial charge in [0.25, 0.3) is 5.91 Å². The van der Waals surface area contributed by atoms with Crippen molar-refractivity contribution >= 4 is 23.2 Å². The van der Waals surface area contributed by atoms with Crippen LogP contribution in [0.4, 0.5) is 15.8 Å². The number of amides is 2. The number of benzene rings is 1. The van der Waals surface area contributed by atoms with Gasteiger partial charge in [-0.05, 0) is 44.9 Å². The minimum Gasteiger partial charge on any atom is -0.326 e. The van der Waals surface area contributed by atoms with E-state index in [2.05, 4.69) is 15.7 Å². The molecule has 0 aliphatic carbocycles. The zero-order valence-electron chi connectivity index (χ0n) is 13.8. The number of rotatable bonds is 2. The Balaban J connectivity index is 1.82. The van der Waals surface area contributed by atoms with E-state index >= 15 is 0 Å². The predicted octanol–water partition coefficient (Wildman–Crippen LogP) is 2.91. The molecule has 2 N–H and O–H groups in total. The van der Waals surface area contributed by atoms with Crippen molar-refractivity contribution in [3.63, 3.8) is 0 Å². The summed E-state index contributed by atoms with van der Waals surface area (Å²) in [4.78, 5) is 23.7. The number of nitrogens with zero attached hydrogens (tertiary/aromatic N) is 2. The fourth-order valence-corrected chi connectivity index (χ4v) is 2.50. The molecule has 7 heteroatoms. The minimum absolute atomic E-state index is 0.0957. The Morgan fingerprint density at radius 2 is 2.08 bits per heavy atom. The fraction of sp³-hybridized carbons (Fsp3) is 0.353. The maximum atomic E-state index is 14.2. The molecule has 2 amide bonds. The second-order valence-corrected chi connectivity index (χ2v) is 6.84. The topological polar surface area (TPSA) is 76.0 Å². The van der Waals surface area contributed by atoms with E-state index in [0.717, 1.165) is 5.56 Å². The Morgan fingerprint density at radius 1 is 1.33 bits per heavy atom. The number of hydrogen-bond acceptors (Lipinski definition) is 3. The smallest absolute Gasteiger partial charge is 0.258 e. The maximum Gasteiger partial charge on any atom is 0.258 e. The van der Waals surface area contributed by atoms with Crippen molar-refractivity contribution in [1.29, 1.82) is 0 Å². The van der Waals surface area contributed by atoms with Crippen molar-refractivity contribution in [2.45, 2.75) is 39.2 Å². The lowest BCUT2D eigenvalue weighted by Crippen LogP contribution is -2.22. The molecule has 0 bridgehead atoms. The third kappa shape index (κ3) is 3.15. The molecular formula is C17H19FN4O2. The number of halogens is 1. The molecule has 0 spiro atoms. The lowest BCUT2D eigenvalue weighted by Gasteiger charge is -2.19. The zero-order chi connectivity index (χ0) is 17.5. The molecule has 24 heavy (non-hydrogen) atoms. The highest BCUT2D eigenvalue weighted by Crippen LogP contribution is 2.28. The molecule has 1 aliphatic heterocycles. The van der Waals surface area contributed by atoms with Crippen LogP contribution in [-0.4, -0.2) is 21.6 Å². The Hall–Kier alpha value is -2.70. The molecule has 0 atom stereocenters. The van der Waals surface area contributed by atoms with Crippen LogP contribution in [0.25, 0.3) is 0 Å². The van der Waals surface area contributed by atoms with Gasteiger partial charge in [0.1, 0.15) is 5.82 Å². The van der Waals surface area contributed by atoms with Crippen LogP contribution in [0.15, 0.2) is 24.5 Å². The van der Waals surface area contributed by atoms with Crippen LogP contribution in [0.1, 0.15) is 43.1 Å². The average Bonchev–Trinajstić information content (AvgIpc) is 2.98. The summed E-state index contributed by atoms with van der Waals surface area (Å²) < 4.78 is 15.9. The van der Waals surface area contributed by atoms with Crippen molar-refractivity contribution in [3.05, 3.63) is 41.5 Å². The number of nitrogens with one attached hydrogen (secondary N) is 2. The molecule has 3 rings (SSSR count). The molecule has 0 unspecified atom stereocenters. The summed E-state index contributed by atoms with van der Waals surface area (Å²) >= 11 is 0. The standard InChI is InChI=1S/C17H19FN4O2/c1-17(2,3)22-9-11(8-19-22)16(24)21-14-6-10-4-5-15(23)20-13(10)7-12(14)18/h6-9H,4-5H2,1-3H3,(H,20,23)(H,21,24). The molecule has 0 radical (unpaired) electrons. The molecule has 0 saturated heterocycles. The molecule has 2 aromatic rings. The van der Waals surface area contributed by atoms with Crippen molar-refractivity contribution in [3.8, 4) is 0 Å². The third-order valence-corrected chi connectivity index (χ3v) is 3.87. The lowest BCUT2D eigenvalue weighted by atomic mass is 10.0. The van der Waals surface area contributed by atoms with Gasteiger partial charge < -0.3 is 10.6 Å². The largest absolute Gasteiger partial charge is 0.326 e. The molecule has 0 saturated carbocycles. The maximum absolute atomic E-state index is 14.2. The highest BCUT2D eigenvalue weighted by molar-refractivity contribution is 6.04. The molecule has 1 aromatic carbocycles. The van der Waals surface area contributed by atoms with Crippen LogP contribution >= 0.6 is 0 Å². The Bertz CT molecular complexity index is 820. The summed E-state index contributed by atoms with van der Waals surface area (Å²) in [6, 6.07) is 2.80. The zero-order valence-corrected chi connectivity index (χ0v) is 13.8. The van der Waals surface area contributed by atoms with E-state index in [1.807, 2.05) is 20.8 Å². The predicted molar refractivity (Wildman–Crippen MR) is 88.5 cm³/mol. The number of anilines is 2. The van der Waals surface area contributed by atoms with E-state index in [9.17, 15) is 14.0 Å². The van der Waals surface area contributed by atoms with E-state index in [1.54, 1.807) is 16.9 Å². The van der Waals surface area contributed by atoms with Crippen LogP contribution in [-0.2, 0) is 16.8 Å². The molecular weight excluding hydrogens is 311 g/mol. The summed E-state index contributed by atoms with van der Waals surface area (Å²) in [5.41, 5.74) is 1.47. The van der Waals surface area contributed by atoms with Gasteiger partial charge in [0.15, 0.2) is 0 Å². The number of carbonyl (C=O) groups excluding carboxylic acids is 2. The van der Waals surface area contributed by atoms with Crippen LogP contribution in [0.2, 0.25) is 0 Å². The van der Waals surface area contributed by atoms with Crippen molar-refractivity contribution in [1.82, 2.24) is 9.78 Å². The quantitative estimate of drug-likeness (QED) is 0.889. The van der Waals surface area contributed by atoms with Crippen molar-refractivity contribution in [2.24, 2.45) is 0 Å². The average molecular weight is 330 g/mol. The normalized spacial score (nSPS) is 14.1. The number of fused-ring (bicyclic) bond motifs is 1. The summed E-state index contributed by atoms with van der Waals surface area (Å²) in [6.07, 6.45) is 3.96. The first-order valence-corrected chi connectivity index (χ1v) is 7.73. The van der Waals surface area contributed by atoms with Crippen LogP contribution in [0, 0.1) is 5.82 Å².